The Kier molecular flexibility index (Phi) is 3.33. The van der Waals surface area contributed by atoms with Gasteiger partial charge in [0.05, 0.1) is 0 Å². The van der Waals surface area contributed by atoms with Crippen molar-refractivity contribution in [1.29, 1.82) is 0 Å². The van der Waals surface area contributed by atoms with E-state index in [0.29, 0.717) is 5.92 Å². The fourth-order valence-corrected chi connectivity index (χ4v) is 2.14. The lowest BCUT2D eigenvalue weighted by atomic mass is 10.0. The average Bonchev–Trinajstić information content (AvgIpc) is 2.09. The Morgan fingerprint density at radius 1 is 1.31 bits per heavy atom. The van der Waals surface area contributed by atoms with Crippen LogP contribution in [0, 0.1) is 6.92 Å². The Morgan fingerprint density at radius 2 is 1.92 bits per heavy atom. The van der Waals surface area contributed by atoms with Gasteiger partial charge in [0.1, 0.15) is 0 Å². The molecule has 0 aliphatic rings. The Bertz CT molecular complexity index is 305. The van der Waals surface area contributed by atoms with Gasteiger partial charge >= 0.3 is 0 Å². The molecule has 0 radical (unpaired) electrons. The Morgan fingerprint density at radius 3 is 2.38 bits per heavy atom. The van der Waals surface area contributed by atoms with Crippen LogP contribution in [0.15, 0.2) is 12.1 Å². The molecule has 13 heavy (non-hydrogen) atoms. The summed E-state index contributed by atoms with van der Waals surface area (Å²) in [5.74, 6) is 0.592. The maximum absolute atomic E-state index is 5.97. The first-order valence-electron chi connectivity index (χ1n) is 4.64. The first kappa shape index (κ1) is 10.5. The third kappa shape index (κ3) is 2.22. The predicted molar refractivity (Wildman–Crippen MR) is 63.6 cm³/mol. The zero-order chi connectivity index (χ0) is 10.0. The van der Waals surface area contributed by atoms with E-state index in [0.717, 1.165) is 14.3 Å². The molecule has 0 saturated heterocycles. The van der Waals surface area contributed by atoms with Crippen LogP contribution in [0.25, 0.3) is 0 Å². The highest BCUT2D eigenvalue weighted by Crippen LogP contribution is 2.22. The Labute approximate surface area is 82.5 Å². The molecule has 0 saturated carbocycles. The Balaban J connectivity index is 3.22. The van der Waals surface area contributed by atoms with Crippen LogP contribution in [-0.2, 0) is 0 Å². The first-order valence-corrected chi connectivity index (χ1v) is 6.14. The van der Waals surface area contributed by atoms with Crippen molar-refractivity contribution in [2.24, 2.45) is 0 Å². The largest absolute Gasteiger partial charge is 0.398 e. The molecule has 0 bridgehead atoms. The predicted octanol–water partition coefficient (Wildman–Crippen LogP) is 2.63. The van der Waals surface area contributed by atoms with E-state index < -0.39 is 0 Å². The van der Waals surface area contributed by atoms with E-state index in [1.54, 1.807) is 0 Å². The fourth-order valence-electron chi connectivity index (χ4n) is 1.37. The minimum Gasteiger partial charge on any atom is -0.398 e. The summed E-state index contributed by atoms with van der Waals surface area (Å²) in [6.45, 7) is 8.70. The molecule has 0 fully saturated rings. The third-order valence-electron chi connectivity index (χ3n) is 2.35. The molecule has 0 aromatic heterocycles. The average molecular weight is 195 g/mol. The molecule has 0 aliphatic carbocycles. The second-order valence-corrected chi connectivity index (χ2v) is 4.74. The smallest absolute Gasteiger partial charge is 0.0419 e. The van der Waals surface area contributed by atoms with E-state index in [1.807, 2.05) is 0 Å². The molecule has 0 spiro atoms. The molecule has 1 rings (SSSR count). The highest BCUT2D eigenvalue weighted by atomic mass is 31.1. The van der Waals surface area contributed by atoms with Gasteiger partial charge in [-0.15, -0.1) is 0 Å². The second-order valence-electron chi connectivity index (χ2n) is 3.70. The molecule has 1 nitrogen and oxygen atoms in total. The number of aryl methyl sites for hydroxylation is 1. The van der Waals surface area contributed by atoms with Crippen LogP contribution in [-0.4, -0.2) is 6.66 Å². The molecule has 0 amide bonds. The molecule has 1 aromatic carbocycles. The van der Waals surface area contributed by atoms with Crippen LogP contribution in [0.1, 0.15) is 30.9 Å². The number of hydrogen-bond acceptors (Lipinski definition) is 1. The molecule has 1 unspecified atom stereocenters. The van der Waals surface area contributed by atoms with Gasteiger partial charge < -0.3 is 5.73 Å². The number of hydrogen-bond donors (Lipinski definition) is 1. The SMILES string of the molecule is CPc1cc(C(C)C)cc(C)c1N. The molecule has 72 valence electrons. The second kappa shape index (κ2) is 4.11. The summed E-state index contributed by atoms with van der Waals surface area (Å²) < 4.78 is 0. The summed E-state index contributed by atoms with van der Waals surface area (Å²) in [5.41, 5.74) is 9.56. The number of benzene rings is 1. The van der Waals surface area contributed by atoms with Gasteiger partial charge in [0.15, 0.2) is 0 Å². The van der Waals surface area contributed by atoms with Crippen LogP contribution >= 0.6 is 8.58 Å². The Hall–Kier alpha value is -0.550. The van der Waals surface area contributed by atoms with Crippen molar-refractivity contribution < 1.29 is 0 Å². The van der Waals surface area contributed by atoms with E-state index in [1.165, 1.54) is 16.4 Å². The number of rotatable bonds is 2. The summed E-state index contributed by atoms with van der Waals surface area (Å²) in [4.78, 5) is 0. The minimum absolute atomic E-state index is 0.592. The topological polar surface area (TPSA) is 26.0 Å². The molecule has 1 aromatic rings. The van der Waals surface area contributed by atoms with Gasteiger partial charge in [0, 0.05) is 5.69 Å². The van der Waals surface area contributed by atoms with Crippen molar-refractivity contribution in [3.63, 3.8) is 0 Å². The van der Waals surface area contributed by atoms with Crippen molar-refractivity contribution >= 4 is 19.6 Å². The molecule has 0 heterocycles. The normalized spacial score (nSPS) is 11.8. The standard InChI is InChI=1S/C11H18NP/c1-7(2)9-5-8(3)11(12)10(6-9)13-4/h5-7,13H,12H2,1-4H3. The lowest BCUT2D eigenvalue weighted by Crippen LogP contribution is -2.08. The van der Waals surface area contributed by atoms with Gasteiger partial charge in [-0.05, 0) is 42.0 Å². The third-order valence-corrected chi connectivity index (χ3v) is 3.30. The van der Waals surface area contributed by atoms with Crippen molar-refractivity contribution in [3.8, 4) is 0 Å². The van der Waals surface area contributed by atoms with Crippen LogP contribution < -0.4 is 11.0 Å². The fraction of sp³-hybridized carbons (Fsp3) is 0.455. The van der Waals surface area contributed by atoms with Gasteiger partial charge in [-0.3, -0.25) is 0 Å². The van der Waals surface area contributed by atoms with E-state index in [2.05, 4.69) is 39.6 Å². The minimum atomic E-state index is 0.592. The van der Waals surface area contributed by atoms with Crippen molar-refractivity contribution in [3.05, 3.63) is 23.3 Å². The first-order chi connectivity index (χ1) is 6.06. The van der Waals surface area contributed by atoms with Crippen LogP contribution in [0.4, 0.5) is 5.69 Å². The summed E-state index contributed by atoms with van der Waals surface area (Å²) in [6, 6.07) is 4.44. The lowest BCUT2D eigenvalue weighted by molar-refractivity contribution is 0.866. The van der Waals surface area contributed by atoms with Crippen LogP contribution in [0.3, 0.4) is 0 Å². The molecule has 2 N–H and O–H groups in total. The maximum Gasteiger partial charge on any atom is 0.0419 e. The van der Waals surface area contributed by atoms with Gasteiger partial charge in [-0.1, -0.05) is 28.5 Å². The summed E-state index contributed by atoms with van der Waals surface area (Å²) in [6.07, 6.45) is 0. The number of nitrogens with two attached hydrogens (primary N) is 1. The molecule has 1 atom stereocenters. The van der Waals surface area contributed by atoms with Crippen molar-refractivity contribution in [2.75, 3.05) is 12.4 Å². The number of nitrogen functional groups attached to an aromatic ring is 1. The van der Waals surface area contributed by atoms with Crippen LogP contribution in [0.2, 0.25) is 0 Å². The quantitative estimate of drug-likeness (QED) is 0.569. The van der Waals surface area contributed by atoms with Crippen molar-refractivity contribution in [1.82, 2.24) is 0 Å². The zero-order valence-corrected chi connectivity index (χ0v) is 9.81. The van der Waals surface area contributed by atoms with Gasteiger partial charge in [0.2, 0.25) is 0 Å². The summed E-state index contributed by atoms with van der Waals surface area (Å²) in [7, 11) is 0.789. The summed E-state index contributed by atoms with van der Waals surface area (Å²) in [5, 5.41) is 1.31. The van der Waals surface area contributed by atoms with E-state index in [9.17, 15) is 0 Å². The maximum atomic E-state index is 5.97. The summed E-state index contributed by atoms with van der Waals surface area (Å²) >= 11 is 0. The highest BCUT2D eigenvalue weighted by Gasteiger charge is 2.05. The molecular formula is C11H18NP. The van der Waals surface area contributed by atoms with Gasteiger partial charge in [0.25, 0.3) is 0 Å². The molecule has 2 heteroatoms. The highest BCUT2D eigenvalue weighted by molar-refractivity contribution is 7.46. The zero-order valence-electron chi connectivity index (χ0n) is 8.81. The molecule has 0 aliphatic heterocycles. The molecular weight excluding hydrogens is 177 g/mol. The monoisotopic (exact) mass is 195 g/mol. The van der Waals surface area contributed by atoms with Crippen molar-refractivity contribution in [2.45, 2.75) is 26.7 Å². The van der Waals surface area contributed by atoms with Gasteiger partial charge in [-0.2, -0.15) is 0 Å². The van der Waals surface area contributed by atoms with Crippen LogP contribution in [0.5, 0.6) is 0 Å². The van der Waals surface area contributed by atoms with Gasteiger partial charge in [-0.25, -0.2) is 0 Å². The van der Waals surface area contributed by atoms with E-state index in [4.69, 9.17) is 5.73 Å². The van der Waals surface area contributed by atoms with E-state index in [-0.39, 0.29) is 0 Å². The lowest BCUT2D eigenvalue weighted by Gasteiger charge is -2.12. The van der Waals surface area contributed by atoms with E-state index >= 15 is 0 Å². The number of anilines is 1.